The molecule has 1 unspecified atom stereocenters. The molecular weight excluding hydrogens is 485 g/mol. The van der Waals surface area contributed by atoms with Crippen molar-refractivity contribution < 1.29 is 23.8 Å². The van der Waals surface area contributed by atoms with E-state index in [1.165, 1.54) is 24.1 Å². The number of hydrogen-bond acceptors (Lipinski definition) is 6. The highest BCUT2D eigenvalue weighted by Crippen LogP contribution is 2.37. The van der Waals surface area contributed by atoms with Crippen LogP contribution in [0.3, 0.4) is 0 Å². The molecular formula is C30H40FN3O4. The first-order valence-electron chi connectivity index (χ1n) is 14.3. The summed E-state index contributed by atoms with van der Waals surface area (Å²) in [7, 11) is 0. The number of rotatable bonds is 11. The number of benzene rings is 1. The highest BCUT2D eigenvalue weighted by atomic mass is 19.1. The minimum absolute atomic E-state index is 0.171. The van der Waals surface area contributed by atoms with Gasteiger partial charge in [-0.1, -0.05) is 12.1 Å². The van der Waals surface area contributed by atoms with Gasteiger partial charge in [-0.15, -0.1) is 0 Å². The lowest BCUT2D eigenvalue weighted by Crippen LogP contribution is -2.34. The number of carbonyl (C=O) groups is 1. The fourth-order valence-corrected chi connectivity index (χ4v) is 6.05. The number of ether oxygens (including phenoxy) is 2. The highest BCUT2D eigenvalue weighted by molar-refractivity contribution is 5.76. The number of carboxylic acid groups (broad SMARTS) is 1. The number of fused-ring (bicyclic) bond motifs is 1. The molecule has 4 heterocycles. The number of nitrogens with zero attached hydrogens (tertiary/aromatic N) is 2. The van der Waals surface area contributed by atoms with Gasteiger partial charge in [-0.05, 0) is 105 Å². The number of anilines is 1. The molecule has 2 N–H and O–H groups in total. The maximum absolute atomic E-state index is 14.3. The molecule has 0 saturated carbocycles. The van der Waals surface area contributed by atoms with Gasteiger partial charge in [0.25, 0.3) is 0 Å². The average Bonchev–Trinajstić information content (AvgIpc) is 3.39. The number of likely N-dealkylation sites (tertiary alicyclic amines) is 1. The summed E-state index contributed by atoms with van der Waals surface area (Å²) in [6, 6.07) is 7.98. The van der Waals surface area contributed by atoms with Gasteiger partial charge in [0.2, 0.25) is 0 Å². The van der Waals surface area contributed by atoms with Crippen LogP contribution in [0.2, 0.25) is 0 Å². The minimum atomic E-state index is -0.944. The molecule has 3 aliphatic heterocycles. The number of aryl methyl sites for hydroxylation is 2. The first kappa shape index (κ1) is 27.0. The van der Waals surface area contributed by atoms with Gasteiger partial charge in [-0.2, -0.15) is 0 Å². The second-order valence-corrected chi connectivity index (χ2v) is 10.9. The smallest absolute Gasteiger partial charge is 0.325 e. The fraction of sp³-hybridized carbons (Fsp3) is 0.600. The van der Waals surface area contributed by atoms with E-state index >= 15 is 0 Å². The van der Waals surface area contributed by atoms with Crippen molar-refractivity contribution in [3.05, 3.63) is 58.5 Å². The largest absolute Gasteiger partial charge is 0.480 e. The summed E-state index contributed by atoms with van der Waals surface area (Å²) in [5.41, 5.74) is 3.77. The molecule has 2 aromatic rings. The van der Waals surface area contributed by atoms with E-state index in [2.05, 4.69) is 17.4 Å². The van der Waals surface area contributed by atoms with Gasteiger partial charge in [-0.3, -0.25) is 9.69 Å². The molecule has 38 heavy (non-hydrogen) atoms. The Bertz CT molecular complexity index is 1090. The van der Waals surface area contributed by atoms with E-state index in [-0.39, 0.29) is 12.0 Å². The summed E-state index contributed by atoms with van der Waals surface area (Å²) in [6.07, 6.45) is 8.78. The summed E-state index contributed by atoms with van der Waals surface area (Å²) >= 11 is 0. The molecule has 3 atom stereocenters. The Morgan fingerprint density at radius 1 is 1.21 bits per heavy atom. The topological polar surface area (TPSA) is 83.9 Å². The molecule has 8 heteroatoms. The molecule has 7 nitrogen and oxygen atoms in total. The summed E-state index contributed by atoms with van der Waals surface area (Å²) in [4.78, 5) is 19.2. The summed E-state index contributed by atoms with van der Waals surface area (Å²) in [6.45, 7) is 4.25. The number of aliphatic carboxylic acids is 1. The maximum Gasteiger partial charge on any atom is 0.325 e. The Labute approximate surface area is 224 Å². The molecule has 3 aliphatic rings. The lowest BCUT2D eigenvalue weighted by Gasteiger charge is -2.30. The van der Waals surface area contributed by atoms with E-state index in [4.69, 9.17) is 14.5 Å². The van der Waals surface area contributed by atoms with Gasteiger partial charge in [0, 0.05) is 32.0 Å². The first-order valence-corrected chi connectivity index (χ1v) is 14.3. The van der Waals surface area contributed by atoms with Crippen LogP contribution in [0.1, 0.15) is 79.5 Å². The Morgan fingerprint density at radius 2 is 2.13 bits per heavy atom. The van der Waals surface area contributed by atoms with Crippen molar-refractivity contribution >= 4 is 11.8 Å². The molecule has 2 fully saturated rings. The molecule has 0 amide bonds. The predicted molar refractivity (Wildman–Crippen MR) is 144 cm³/mol. The van der Waals surface area contributed by atoms with E-state index in [0.29, 0.717) is 38.5 Å². The zero-order valence-electron chi connectivity index (χ0n) is 22.2. The van der Waals surface area contributed by atoms with Crippen LogP contribution in [-0.4, -0.2) is 60.4 Å². The van der Waals surface area contributed by atoms with Gasteiger partial charge in [-0.25, -0.2) is 9.37 Å². The fourth-order valence-electron chi connectivity index (χ4n) is 6.05. The van der Waals surface area contributed by atoms with Gasteiger partial charge in [0.1, 0.15) is 17.7 Å². The zero-order chi connectivity index (χ0) is 26.3. The third kappa shape index (κ3) is 6.71. The van der Waals surface area contributed by atoms with Crippen molar-refractivity contribution in [2.75, 3.05) is 44.8 Å². The third-order valence-electron chi connectivity index (χ3n) is 8.06. The molecule has 206 valence electrons. The number of aromatic nitrogens is 1. The van der Waals surface area contributed by atoms with Crippen molar-refractivity contribution in [2.45, 2.75) is 69.9 Å². The van der Waals surface area contributed by atoms with E-state index in [9.17, 15) is 14.3 Å². The average molecular weight is 526 g/mol. The van der Waals surface area contributed by atoms with Crippen LogP contribution in [0, 0.1) is 11.7 Å². The Balaban J connectivity index is 1.09. The van der Waals surface area contributed by atoms with E-state index < -0.39 is 17.8 Å². The molecule has 1 aromatic heterocycles. The molecule has 2 saturated heterocycles. The number of nitrogens with one attached hydrogen (secondary N) is 1. The van der Waals surface area contributed by atoms with Crippen molar-refractivity contribution in [2.24, 2.45) is 5.92 Å². The maximum atomic E-state index is 14.3. The Kier molecular flexibility index (Phi) is 9.25. The summed E-state index contributed by atoms with van der Waals surface area (Å²) in [5, 5.41) is 13.6. The van der Waals surface area contributed by atoms with Crippen LogP contribution in [0.5, 0.6) is 0 Å². The number of carboxylic acids is 1. The van der Waals surface area contributed by atoms with Crippen LogP contribution in [-0.2, 0) is 27.1 Å². The van der Waals surface area contributed by atoms with Crippen LogP contribution in [0.25, 0.3) is 0 Å². The summed E-state index contributed by atoms with van der Waals surface area (Å²) in [5.74, 6) is -0.0350. The lowest BCUT2D eigenvalue weighted by atomic mass is 9.92. The first-order chi connectivity index (χ1) is 18.6. The predicted octanol–water partition coefficient (Wildman–Crippen LogP) is 5.31. The van der Waals surface area contributed by atoms with Gasteiger partial charge >= 0.3 is 5.97 Å². The van der Waals surface area contributed by atoms with Crippen molar-refractivity contribution in [3.8, 4) is 0 Å². The Morgan fingerprint density at radius 3 is 2.97 bits per heavy atom. The number of pyridine rings is 1. The van der Waals surface area contributed by atoms with Crippen LogP contribution in [0.4, 0.5) is 10.2 Å². The van der Waals surface area contributed by atoms with Gasteiger partial charge in [0.15, 0.2) is 0 Å². The van der Waals surface area contributed by atoms with Gasteiger partial charge in [0.05, 0.1) is 12.7 Å². The van der Waals surface area contributed by atoms with Crippen LogP contribution in [0.15, 0.2) is 30.3 Å². The van der Waals surface area contributed by atoms with E-state index in [0.717, 1.165) is 75.0 Å². The van der Waals surface area contributed by atoms with Crippen molar-refractivity contribution in [1.29, 1.82) is 0 Å². The monoisotopic (exact) mass is 525 g/mol. The molecule has 0 aliphatic carbocycles. The molecule has 1 aromatic carbocycles. The minimum Gasteiger partial charge on any atom is -0.480 e. The SMILES string of the molecule is O=C(O)C(c1cc(F)ccc1[C@H]1CCCCO1)N1CC[C@H](COCCCCc2ccc3c(n2)NCCC3)C1. The quantitative estimate of drug-likeness (QED) is 0.385. The molecule has 5 rings (SSSR count). The lowest BCUT2D eigenvalue weighted by molar-refractivity contribution is -0.143. The standard InChI is InChI=1S/C30H40FN3O4/c31-23-10-12-25(27-8-2-4-17-38-27)26(18-23)28(30(35)36)34-15-13-21(19-34)20-37-16-3-1-7-24-11-9-22-6-5-14-32-29(22)33-24/h9-12,18,21,27-28H,1-8,13-17,19-20H2,(H,32,33)(H,35,36)/t21-,27+,28?/m0/s1. The second kappa shape index (κ2) is 13.0. The van der Waals surface area contributed by atoms with E-state index in [1.807, 2.05) is 4.90 Å². The van der Waals surface area contributed by atoms with Crippen LogP contribution < -0.4 is 5.32 Å². The molecule has 0 radical (unpaired) electrons. The van der Waals surface area contributed by atoms with E-state index in [1.54, 1.807) is 6.07 Å². The van der Waals surface area contributed by atoms with Crippen LogP contribution >= 0.6 is 0 Å². The van der Waals surface area contributed by atoms with Crippen molar-refractivity contribution in [3.63, 3.8) is 0 Å². The highest BCUT2D eigenvalue weighted by Gasteiger charge is 2.36. The summed E-state index contributed by atoms with van der Waals surface area (Å²) < 4.78 is 26.2. The third-order valence-corrected chi connectivity index (χ3v) is 8.06. The van der Waals surface area contributed by atoms with Gasteiger partial charge < -0.3 is 19.9 Å². The molecule has 0 spiro atoms. The zero-order valence-corrected chi connectivity index (χ0v) is 22.2. The number of unbranched alkanes of at least 4 members (excludes halogenated alkanes) is 1. The van der Waals surface area contributed by atoms with Crippen molar-refractivity contribution in [1.82, 2.24) is 9.88 Å². The normalized spacial score (nSPS) is 22.6. The second-order valence-electron chi connectivity index (χ2n) is 10.9. The molecule has 0 bridgehead atoms. The number of hydrogen-bond donors (Lipinski definition) is 2. The Hall–Kier alpha value is -2.55. The number of halogens is 1.